The van der Waals surface area contributed by atoms with Gasteiger partial charge in [0.1, 0.15) is 36.9 Å². The molecule has 0 spiro atoms. The summed E-state index contributed by atoms with van der Waals surface area (Å²) in [4.78, 5) is 2.30. The minimum Gasteiger partial charge on any atom is -0.491 e. The second-order valence-electron chi connectivity index (χ2n) is 8.79. The number of halogens is 2. The molecule has 1 fully saturated rings. The van der Waals surface area contributed by atoms with Crippen molar-refractivity contribution >= 4 is 39.3 Å². The van der Waals surface area contributed by atoms with Gasteiger partial charge in [-0.3, -0.25) is 4.90 Å². The van der Waals surface area contributed by atoms with Crippen molar-refractivity contribution in [3.63, 3.8) is 0 Å². The fourth-order valence-corrected chi connectivity index (χ4v) is 5.26. The maximum Gasteiger partial charge on any atom is 0.133 e. The first kappa shape index (κ1) is 26.6. The topological polar surface area (TPSA) is 62.2 Å². The van der Waals surface area contributed by atoms with E-state index in [0.717, 1.165) is 45.9 Å². The highest BCUT2D eigenvalue weighted by Crippen LogP contribution is 2.36. The number of hydrogen-bond donors (Lipinski definition) is 2. The van der Waals surface area contributed by atoms with Crippen LogP contribution in [0.4, 0.5) is 0 Å². The van der Waals surface area contributed by atoms with E-state index in [1.165, 1.54) is 0 Å². The Kier molecular flexibility index (Phi) is 10.2. The van der Waals surface area contributed by atoms with Gasteiger partial charge in [-0.2, -0.15) is 11.8 Å². The van der Waals surface area contributed by atoms with Gasteiger partial charge in [-0.1, -0.05) is 32.0 Å². The molecule has 0 radical (unpaired) electrons. The molecule has 5 nitrogen and oxygen atoms in total. The monoisotopic (exact) mass is 557 g/mol. The highest BCUT2D eigenvalue weighted by atomic mass is 79.9. The van der Waals surface area contributed by atoms with Crippen molar-refractivity contribution in [2.24, 2.45) is 0 Å². The summed E-state index contributed by atoms with van der Waals surface area (Å²) in [5, 5.41) is 19.9. The van der Waals surface area contributed by atoms with Crippen molar-refractivity contribution in [2.75, 3.05) is 50.2 Å². The Balaban J connectivity index is 1.57. The molecule has 2 N–H and O–H groups in total. The van der Waals surface area contributed by atoms with Crippen LogP contribution in [0.2, 0.25) is 0 Å². The Labute approximate surface area is 214 Å². The molecule has 2 atom stereocenters. The lowest BCUT2D eigenvalue weighted by atomic mass is 9.78. The zero-order valence-corrected chi connectivity index (χ0v) is 22.3. The van der Waals surface area contributed by atoms with Crippen LogP contribution in [0.5, 0.6) is 11.5 Å². The summed E-state index contributed by atoms with van der Waals surface area (Å²) in [6.07, 6.45) is -1.19. The van der Waals surface area contributed by atoms with Crippen LogP contribution in [0, 0.1) is 0 Å². The third kappa shape index (κ3) is 7.77. The SMILES string of the molecule is CC(C)(c1ccc(OC[C@H](O)CN2CCSCC2)cc1)c1ccc(OC[C@@H](O)CCl)c(Br)c1. The fraction of sp³-hybridized carbons (Fsp3) is 0.520. The molecule has 33 heavy (non-hydrogen) atoms. The van der Waals surface area contributed by atoms with Crippen LogP contribution in [0.15, 0.2) is 46.9 Å². The molecule has 1 heterocycles. The van der Waals surface area contributed by atoms with Gasteiger partial charge in [-0.15, -0.1) is 11.6 Å². The quantitative estimate of drug-likeness (QED) is 0.395. The van der Waals surface area contributed by atoms with Crippen LogP contribution < -0.4 is 9.47 Å². The molecule has 1 aliphatic heterocycles. The summed E-state index contributed by atoms with van der Waals surface area (Å²) >= 11 is 11.2. The van der Waals surface area contributed by atoms with Crippen molar-refractivity contribution in [3.05, 3.63) is 58.1 Å². The van der Waals surface area contributed by atoms with Crippen molar-refractivity contribution < 1.29 is 19.7 Å². The molecule has 0 unspecified atom stereocenters. The number of benzene rings is 2. The van der Waals surface area contributed by atoms with Crippen molar-refractivity contribution in [3.8, 4) is 11.5 Å². The van der Waals surface area contributed by atoms with Gasteiger partial charge in [-0.05, 0) is 51.3 Å². The van der Waals surface area contributed by atoms with Crippen molar-refractivity contribution in [2.45, 2.75) is 31.5 Å². The van der Waals surface area contributed by atoms with Gasteiger partial charge in [0.05, 0.1) is 10.4 Å². The largest absolute Gasteiger partial charge is 0.491 e. The molecule has 0 aromatic heterocycles. The molecule has 0 amide bonds. The van der Waals surface area contributed by atoms with Gasteiger partial charge < -0.3 is 19.7 Å². The van der Waals surface area contributed by atoms with Crippen LogP contribution in [0.25, 0.3) is 0 Å². The first-order valence-corrected chi connectivity index (χ1v) is 13.7. The van der Waals surface area contributed by atoms with Crippen LogP contribution in [-0.4, -0.2) is 77.6 Å². The molecule has 2 aromatic carbocycles. The number of aliphatic hydroxyl groups is 2. The summed E-state index contributed by atoms with van der Waals surface area (Å²) in [5.41, 5.74) is 2.05. The molecule has 1 aliphatic rings. The molecule has 8 heteroatoms. The molecule has 1 saturated heterocycles. The molecular weight excluding hydrogens is 526 g/mol. The molecule has 0 saturated carbocycles. The van der Waals surface area contributed by atoms with Crippen molar-refractivity contribution in [1.82, 2.24) is 4.90 Å². The number of hydrogen-bond acceptors (Lipinski definition) is 6. The van der Waals surface area contributed by atoms with Gasteiger partial charge in [-0.25, -0.2) is 0 Å². The van der Waals surface area contributed by atoms with E-state index in [2.05, 4.69) is 46.8 Å². The van der Waals surface area contributed by atoms with E-state index in [1.54, 1.807) is 0 Å². The summed E-state index contributed by atoms with van der Waals surface area (Å²) in [7, 11) is 0. The third-order valence-corrected chi connectivity index (χ3v) is 7.77. The molecule has 2 aromatic rings. The van der Waals surface area contributed by atoms with Gasteiger partial charge in [0, 0.05) is 36.6 Å². The fourth-order valence-electron chi connectivity index (χ4n) is 3.70. The summed E-state index contributed by atoms with van der Waals surface area (Å²) < 4.78 is 12.3. The Bertz CT molecular complexity index is 877. The Morgan fingerprint density at radius 2 is 1.64 bits per heavy atom. The van der Waals surface area contributed by atoms with Gasteiger partial charge in [0.25, 0.3) is 0 Å². The number of alkyl halides is 1. The third-order valence-electron chi connectivity index (χ3n) is 5.85. The minimum atomic E-state index is -0.694. The predicted octanol–water partition coefficient (Wildman–Crippen LogP) is 4.54. The Hall–Kier alpha value is -0.960. The second kappa shape index (κ2) is 12.7. The summed E-state index contributed by atoms with van der Waals surface area (Å²) in [6.45, 7) is 7.50. The number of rotatable bonds is 11. The Morgan fingerprint density at radius 3 is 2.27 bits per heavy atom. The number of aliphatic hydroxyl groups excluding tert-OH is 2. The maximum atomic E-state index is 10.3. The maximum absolute atomic E-state index is 10.3. The highest BCUT2D eigenvalue weighted by molar-refractivity contribution is 9.10. The minimum absolute atomic E-state index is 0.138. The zero-order valence-electron chi connectivity index (χ0n) is 19.2. The molecule has 182 valence electrons. The average Bonchev–Trinajstić information content (AvgIpc) is 2.82. The lowest BCUT2D eigenvalue weighted by Crippen LogP contribution is -2.40. The van der Waals surface area contributed by atoms with Gasteiger partial charge in [0.2, 0.25) is 0 Å². The smallest absolute Gasteiger partial charge is 0.133 e. The summed E-state index contributed by atoms with van der Waals surface area (Å²) in [5.74, 6) is 3.83. The lowest BCUT2D eigenvalue weighted by Gasteiger charge is -2.28. The zero-order chi connectivity index (χ0) is 23.8. The van der Waals surface area contributed by atoms with Gasteiger partial charge >= 0.3 is 0 Å². The molecular formula is C25H33BrClNO4S. The Morgan fingerprint density at radius 1 is 1.00 bits per heavy atom. The van der Waals surface area contributed by atoms with Crippen molar-refractivity contribution in [1.29, 1.82) is 0 Å². The van der Waals surface area contributed by atoms with Crippen LogP contribution in [0.3, 0.4) is 0 Å². The van der Waals surface area contributed by atoms with E-state index in [1.807, 2.05) is 42.1 Å². The summed E-state index contributed by atoms with van der Waals surface area (Å²) in [6, 6.07) is 14.0. The van der Waals surface area contributed by atoms with E-state index in [9.17, 15) is 10.2 Å². The average molecular weight is 559 g/mol. The van der Waals surface area contributed by atoms with E-state index in [4.69, 9.17) is 21.1 Å². The highest BCUT2D eigenvalue weighted by Gasteiger charge is 2.24. The van der Waals surface area contributed by atoms with E-state index in [0.29, 0.717) is 18.9 Å². The van der Waals surface area contributed by atoms with Crippen LogP contribution in [-0.2, 0) is 5.41 Å². The molecule has 3 rings (SSSR count). The van der Waals surface area contributed by atoms with E-state index < -0.39 is 12.2 Å². The number of ether oxygens (including phenoxy) is 2. The number of β-amino-alcohol motifs (C(OH)–C–C–N with tert-alkyl or cyclic N) is 1. The molecule has 0 aliphatic carbocycles. The van der Waals surface area contributed by atoms with Crippen LogP contribution >= 0.6 is 39.3 Å². The van der Waals surface area contributed by atoms with E-state index >= 15 is 0 Å². The van der Waals surface area contributed by atoms with Crippen LogP contribution in [0.1, 0.15) is 25.0 Å². The first-order chi connectivity index (χ1) is 15.8. The molecule has 0 bridgehead atoms. The first-order valence-electron chi connectivity index (χ1n) is 11.2. The normalized spacial score (nSPS) is 16.9. The number of nitrogens with zero attached hydrogens (tertiary/aromatic N) is 1. The van der Waals surface area contributed by atoms with Gasteiger partial charge in [0.15, 0.2) is 0 Å². The van der Waals surface area contributed by atoms with E-state index in [-0.39, 0.29) is 17.9 Å². The standard InChI is InChI=1S/C25H33BrClNO4S/c1-25(2,19-5-8-24(23(26)13-19)32-16-20(29)14-27)18-3-6-22(7-4-18)31-17-21(30)15-28-9-11-33-12-10-28/h3-8,13,20-21,29-30H,9-12,14-17H2,1-2H3/t20-,21+/m0/s1. The number of thioether (sulfide) groups is 1. The predicted molar refractivity (Wildman–Crippen MR) is 140 cm³/mol. The lowest BCUT2D eigenvalue weighted by molar-refractivity contribution is 0.0715. The second-order valence-corrected chi connectivity index (χ2v) is 11.2.